The lowest BCUT2D eigenvalue weighted by Gasteiger charge is -2.27. The molecule has 0 aromatic carbocycles. The second-order valence-electron chi connectivity index (χ2n) is 4.89. The number of amides is 2. The van der Waals surface area contributed by atoms with Crippen LogP contribution in [0.2, 0.25) is 19.6 Å². The lowest BCUT2D eigenvalue weighted by atomic mass is 10.6. The van der Waals surface area contributed by atoms with Gasteiger partial charge in [-0.25, -0.2) is 4.79 Å². The van der Waals surface area contributed by atoms with Crippen LogP contribution in [-0.2, 0) is 9.63 Å². The highest BCUT2D eigenvalue weighted by Gasteiger charge is 2.26. The molecular formula is C10H21N3O3SSi. The van der Waals surface area contributed by atoms with Crippen LogP contribution in [0.15, 0.2) is 5.16 Å². The first-order chi connectivity index (χ1) is 8.11. The predicted molar refractivity (Wildman–Crippen MR) is 77.2 cm³/mol. The van der Waals surface area contributed by atoms with Crippen molar-refractivity contribution in [1.82, 2.24) is 9.47 Å². The Morgan fingerprint density at radius 3 is 2.00 bits per heavy atom. The first-order valence-electron chi connectivity index (χ1n) is 5.39. The number of carbonyl (C=O) groups is 2. The molecule has 0 aliphatic carbocycles. The molecule has 18 heavy (non-hydrogen) atoms. The summed E-state index contributed by atoms with van der Waals surface area (Å²) >= 11 is 1.14. The van der Waals surface area contributed by atoms with E-state index in [4.69, 9.17) is 4.84 Å². The van der Waals surface area contributed by atoms with Crippen molar-refractivity contribution < 1.29 is 14.4 Å². The second kappa shape index (κ2) is 6.79. The Bertz CT molecular complexity index is 353. The Kier molecular flexibility index (Phi) is 6.40. The third kappa shape index (κ3) is 5.09. The van der Waals surface area contributed by atoms with E-state index in [-0.39, 0.29) is 11.0 Å². The molecule has 0 aromatic rings. The molecule has 6 nitrogen and oxygen atoms in total. The molecule has 0 aliphatic heterocycles. The minimum Gasteiger partial charge on any atom is -0.343 e. The van der Waals surface area contributed by atoms with Crippen LogP contribution < -0.4 is 0 Å². The Labute approximate surface area is 113 Å². The summed E-state index contributed by atoms with van der Waals surface area (Å²) in [6.45, 7) is 6.04. The van der Waals surface area contributed by atoms with Gasteiger partial charge in [0.15, 0.2) is 8.24 Å². The fourth-order valence-electron chi connectivity index (χ4n) is 0.771. The Morgan fingerprint density at radius 1 is 1.17 bits per heavy atom. The fraction of sp³-hybridized carbons (Fsp3) is 0.700. The van der Waals surface area contributed by atoms with Gasteiger partial charge in [-0.05, 0) is 6.26 Å². The lowest BCUT2D eigenvalue weighted by Crippen LogP contribution is -2.46. The first-order valence-corrected chi connectivity index (χ1v) is 10.1. The van der Waals surface area contributed by atoms with Crippen LogP contribution in [0.1, 0.15) is 0 Å². The first kappa shape index (κ1) is 17.0. The van der Waals surface area contributed by atoms with E-state index in [1.165, 1.54) is 4.90 Å². The van der Waals surface area contributed by atoms with Crippen molar-refractivity contribution in [3.63, 3.8) is 0 Å². The average molecular weight is 291 g/mol. The Morgan fingerprint density at radius 2 is 1.67 bits per heavy atom. The van der Waals surface area contributed by atoms with E-state index in [9.17, 15) is 9.59 Å². The molecule has 104 valence electrons. The summed E-state index contributed by atoms with van der Waals surface area (Å²) in [7, 11) is 3.14. The van der Waals surface area contributed by atoms with E-state index in [1.807, 2.05) is 19.6 Å². The Balaban J connectivity index is 4.71. The SMILES string of the molecule is CSC(=NOC(=O)N(C)[Si](C)(C)C)C(=O)N(C)C. The van der Waals surface area contributed by atoms with E-state index in [2.05, 4.69) is 5.16 Å². The monoisotopic (exact) mass is 291 g/mol. The number of thioether (sulfide) groups is 1. The van der Waals surface area contributed by atoms with Gasteiger partial charge in [0.25, 0.3) is 5.91 Å². The van der Waals surface area contributed by atoms with Gasteiger partial charge in [-0.15, -0.1) is 11.8 Å². The quantitative estimate of drug-likeness (QED) is 0.255. The molecule has 8 heteroatoms. The predicted octanol–water partition coefficient (Wildman–Crippen LogP) is 1.65. The highest BCUT2D eigenvalue weighted by molar-refractivity contribution is 8.15. The van der Waals surface area contributed by atoms with Crippen molar-refractivity contribution in [2.45, 2.75) is 19.6 Å². The third-order valence-corrected chi connectivity index (χ3v) is 5.10. The summed E-state index contributed by atoms with van der Waals surface area (Å²) in [4.78, 5) is 29.5. The fourth-order valence-corrected chi connectivity index (χ4v) is 1.83. The minimum atomic E-state index is -1.77. The van der Waals surface area contributed by atoms with Crippen LogP contribution in [0.25, 0.3) is 0 Å². The molecule has 0 unspecified atom stereocenters. The van der Waals surface area contributed by atoms with Gasteiger partial charge < -0.3 is 9.47 Å². The van der Waals surface area contributed by atoms with Crippen LogP contribution in [0, 0.1) is 0 Å². The molecule has 0 N–H and O–H groups in total. The molecule has 0 spiro atoms. The molecule has 0 fully saturated rings. The number of hydrogen-bond donors (Lipinski definition) is 0. The summed E-state index contributed by atoms with van der Waals surface area (Å²) in [5.41, 5.74) is 0. The van der Waals surface area contributed by atoms with Gasteiger partial charge in [-0.3, -0.25) is 9.63 Å². The summed E-state index contributed by atoms with van der Waals surface area (Å²) < 4.78 is 1.55. The maximum Gasteiger partial charge on any atom is 0.427 e. The van der Waals surface area contributed by atoms with Gasteiger partial charge in [-0.2, -0.15) is 0 Å². The molecule has 0 rings (SSSR count). The smallest absolute Gasteiger partial charge is 0.343 e. The van der Waals surface area contributed by atoms with E-state index < -0.39 is 14.3 Å². The molecule has 0 saturated carbocycles. The number of oxime groups is 1. The number of rotatable bonds is 2. The molecule has 0 bridgehead atoms. The maximum absolute atomic E-state index is 11.7. The summed E-state index contributed by atoms with van der Waals surface area (Å²) in [6.07, 6.45) is 1.17. The standard InChI is InChI=1S/C10H21N3O3SSi/c1-12(2)9(14)8(17-4)11-16-10(15)13(3)18(5,6)7/h1-7H3. The summed E-state index contributed by atoms with van der Waals surface area (Å²) in [5, 5.41) is 3.77. The van der Waals surface area contributed by atoms with Crippen LogP contribution >= 0.6 is 11.8 Å². The zero-order valence-electron chi connectivity index (χ0n) is 12.0. The molecule has 0 aromatic heterocycles. The number of hydrogen-bond acceptors (Lipinski definition) is 5. The van der Waals surface area contributed by atoms with Gasteiger partial charge in [0, 0.05) is 21.1 Å². The highest BCUT2D eigenvalue weighted by atomic mass is 32.2. The lowest BCUT2D eigenvalue weighted by molar-refractivity contribution is -0.121. The third-order valence-electron chi connectivity index (χ3n) is 2.27. The molecule has 0 radical (unpaired) electrons. The van der Waals surface area contributed by atoms with Crippen molar-refractivity contribution in [2.24, 2.45) is 5.16 Å². The van der Waals surface area contributed by atoms with E-state index >= 15 is 0 Å². The van der Waals surface area contributed by atoms with Gasteiger partial charge in [0.2, 0.25) is 5.04 Å². The Hall–Kier alpha value is -1.02. The molecule has 2 amide bonds. The van der Waals surface area contributed by atoms with Crippen molar-refractivity contribution >= 4 is 37.0 Å². The normalized spacial score (nSPS) is 12.1. The van der Waals surface area contributed by atoms with E-state index in [0.717, 1.165) is 11.8 Å². The molecule has 0 heterocycles. The summed E-state index contributed by atoms with van der Waals surface area (Å²) in [6, 6.07) is 0. The van der Waals surface area contributed by atoms with Crippen molar-refractivity contribution in [3.8, 4) is 0 Å². The second-order valence-corrected chi connectivity index (χ2v) is 10.7. The zero-order chi connectivity index (χ0) is 14.5. The molecule has 0 aliphatic rings. The number of carbonyl (C=O) groups excluding carboxylic acids is 2. The molecule has 0 atom stereocenters. The number of nitrogens with zero attached hydrogens (tertiary/aromatic N) is 3. The molecular weight excluding hydrogens is 270 g/mol. The van der Waals surface area contributed by atoms with E-state index in [0.29, 0.717) is 0 Å². The van der Waals surface area contributed by atoms with Crippen LogP contribution in [0.3, 0.4) is 0 Å². The molecule has 0 saturated heterocycles. The van der Waals surface area contributed by atoms with Crippen molar-refractivity contribution in [2.75, 3.05) is 27.4 Å². The largest absolute Gasteiger partial charge is 0.427 e. The van der Waals surface area contributed by atoms with Crippen LogP contribution in [0.5, 0.6) is 0 Å². The minimum absolute atomic E-state index is 0.150. The van der Waals surface area contributed by atoms with Crippen molar-refractivity contribution in [3.05, 3.63) is 0 Å². The average Bonchev–Trinajstić information content (AvgIpc) is 2.26. The van der Waals surface area contributed by atoms with Crippen LogP contribution in [-0.4, -0.2) is 62.1 Å². The van der Waals surface area contributed by atoms with Gasteiger partial charge >= 0.3 is 6.09 Å². The van der Waals surface area contributed by atoms with Gasteiger partial charge in [-0.1, -0.05) is 24.8 Å². The van der Waals surface area contributed by atoms with Gasteiger partial charge in [0.05, 0.1) is 0 Å². The summed E-state index contributed by atoms with van der Waals surface area (Å²) in [5.74, 6) is -0.286. The zero-order valence-corrected chi connectivity index (χ0v) is 13.8. The maximum atomic E-state index is 11.7. The highest BCUT2D eigenvalue weighted by Crippen LogP contribution is 2.09. The topological polar surface area (TPSA) is 62.2 Å². The van der Waals surface area contributed by atoms with E-state index in [1.54, 1.807) is 32.0 Å². The van der Waals surface area contributed by atoms with Crippen LogP contribution in [0.4, 0.5) is 4.79 Å². The van der Waals surface area contributed by atoms with Crippen molar-refractivity contribution in [1.29, 1.82) is 0 Å². The van der Waals surface area contributed by atoms with Gasteiger partial charge in [0.1, 0.15) is 0 Å².